The van der Waals surface area contributed by atoms with Crippen molar-refractivity contribution in [1.82, 2.24) is 25.6 Å². The zero-order chi connectivity index (χ0) is 25.1. The molecule has 0 spiro atoms. The van der Waals surface area contributed by atoms with E-state index in [-0.39, 0.29) is 18.9 Å². The van der Waals surface area contributed by atoms with Gasteiger partial charge in [0.1, 0.15) is 0 Å². The number of aryl methyl sites for hydroxylation is 2. The van der Waals surface area contributed by atoms with Gasteiger partial charge in [0.25, 0.3) is 11.8 Å². The first-order valence-corrected chi connectivity index (χ1v) is 12.0. The van der Waals surface area contributed by atoms with E-state index in [1.807, 2.05) is 60.8 Å². The summed E-state index contributed by atoms with van der Waals surface area (Å²) in [5.74, 6) is -1.40. The van der Waals surface area contributed by atoms with Gasteiger partial charge < -0.3 is 4.42 Å². The van der Waals surface area contributed by atoms with Crippen LogP contribution in [0.4, 0.5) is 0 Å². The van der Waals surface area contributed by atoms with Crippen molar-refractivity contribution in [3.63, 3.8) is 0 Å². The number of benzene rings is 2. The molecule has 2 amide bonds. The first-order chi connectivity index (χ1) is 17.5. The van der Waals surface area contributed by atoms with Crippen LogP contribution in [0.2, 0.25) is 0 Å². The van der Waals surface area contributed by atoms with Gasteiger partial charge in [0, 0.05) is 17.4 Å². The Morgan fingerprint density at radius 1 is 1.03 bits per heavy atom. The van der Waals surface area contributed by atoms with E-state index < -0.39 is 17.6 Å². The first kappa shape index (κ1) is 23.2. The Morgan fingerprint density at radius 2 is 1.83 bits per heavy atom. The number of thiophene rings is 1. The Bertz CT molecular complexity index is 1600. The lowest BCUT2D eigenvalue weighted by atomic mass is 10.0. The van der Waals surface area contributed by atoms with Gasteiger partial charge in [0.05, 0.1) is 28.2 Å². The van der Waals surface area contributed by atoms with Gasteiger partial charge in [-0.05, 0) is 30.5 Å². The highest BCUT2D eigenvalue weighted by Gasteiger charge is 2.16. The summed E-state index contributed by atoms with van der Waals surface area (Å²) in [7, 11) is 0. The van der Waals surface area contributed by atoms with Crippen molar-refractivity contribution >= 4 is 34.1 Å². The van der Waals surface area contributed by atoms with Gasteiger partial charge in [-0.25, -0.2) is 9.78 Å². The second kappa shape index (κ2) is 9.96. The van der Waals surface area contributed by atoms with Crippen LogP contribution >= 0.6 is 11.3 Å². The molecular formula is C26H21N5O4S. The number of nitrogens with zero attached hydrogens (tertiary/aromatic N) is 3. The standard InChI is InChI=1S/C26H21N5O4S/c1-16-8-10-17(11-9-16)21-15-19(18-5-2-3-6-20(18)27-21)24(33)29-28-23(32)12-13-31-26(34)35-25(30-31)22-7-4-14-36-22/h2-11,14-15H,12-13H2,1H3,(H,28,32)(H,29,33). The maximum absolute atomic E-state index is 13.0. The van der Waals surface area contributed by atoms with Crippen LogP contribution in [0, 0.1) is 6.92 Å². The predicted octanol–water partition coefficient (Wildman–Crippen LogP) is 3.94. The molecule has 0 saturated carbocycles. The Morgan fingerprint density at radius 3 is 2.61 bits per heavy atom. The van der Waals surface area contributed by atoms with E-state index in [0.717, 1.165) is 20.7 Å². The molecule has 0 aliphatic carbocycles. The average molecular weight is 500 g/mol. The molecule has 2 N–H and O–H groups in total. The minimum atomic E-state index is -0.651. The Balaban J connectivity index is 1.27. The third-order valence-electron chi connectivity index (χ3n) is 5.51. The molecule has 0 radical (unpaired) electrons. The minimum absolute atomic E-state index is 0.00513. The number of amides is 2. The number of para-hydroxylation sites is 1. The molecule has 0 atom stereocenters. The normalized spacial score (nSPS) is 10.9. The van der Waals surface area contributed by atoms with Crippen LogP contribution in [0.25, 0.3) is 32.9 Å². The number of aromatic nitrogens is 3. The number of hydrogen-bond acceptors (Lipinski definition) is 7. The molecule has 3 heterocycles. The van der Waals surface area contributed by atoms with E-state index in [0.29, 0.717) is 22.2 Å². The molecule has 0 aliphatic rings. The van der Waals surface area contributed by atoms with Crippen LogP contribution in [-0.4, -0.2) is 26.6 Å². The van der Waals surface area contributed by atoms with Crippen LogP contribution in [0.1, 0.15) is 22.3 Å². The van der Waals surface area contributed by atoms with E-state index in [1.54, 1.807) is 18.2 Å². The lowest BCUT2D eigenvalue weighted by molar-refractivity contribution is -0.122. The summed E-state index contributed by atoms with van der Waals surface area (Å²) < 4.78 is 6.23. The van der Waals surface area contributed by atoms with Gasteiger partial charge in [0.15, 0.2) is 0 Å². The second-order valence-electron chi connectivity index (χ2n) is 8.06. The topological polar surface area (TPSA) is 119 Å². The quantitative estimate of drug-likeness (QED) is 0.342. The van der Waals surface area contributed by atoms with Crippen molar-refractivity contribution < 1.29 is 14.0 Å². The van der Waals surface area contributed by atoms with Crippen LogP contribution in [0.5, 0.6) is 0 Å². The molecule has 0 bridgehead atoms. The fourth-order valence-corrected chi connectivity index (χ4v) is 4.29. The molecule has 3 aromatic heterocycles. The van der Waals surface area contributed by atoms with Crippen molar-refractivity contribution in [3.8, 4) is 22.0 Å². The minimum Gasteiger partial charge on any atom is -0.387 e. The number of rotatable bonds is 6. The summed E-state index contributed by atoms with van der Waals surface area (Å²) in [5.41, 5.74) is 8.56. The highest BCUT2D eigenvalue weighted by Crippen LogP contribution is 2.25. The number of nitrogens with one attached hydrogen (secondary N) is 2. The van der Waals surface area contributed by atoms with Gasteiger partial charge in [-0.1, -0.05) is 54.1 Å². The fourth-order valence-electron chi connectivity index (χ4n) is 3.65. The zero-order valence-corrected chi connectivity index (χ0v) is 20.0. The molecule has 180 valence electrons. The van der Waals surface area contributed by atoms with E-state index in [4.69, 9.17) is 9.40 Å². The fraction of sp³-hybridized carbons (Fsp3) is 0.115. The number of hydrazine groups is 1. The van der Waals surface area contributed by atoms with Crippen molar-refractivity contribution in [2.75, 3.05) is 0 Å². The van der Waals surface area contributed by atoms with E-state index >= 15 is 0 Å². The van der Waals surface area contributed by atoms with Gasteiger partial charge in [-0.2, -0.15) is 4.68 Å². The lowest BCUT2D eigenvalue weighted by Gasteiger charge is -2.11. The molecule has 10 heteroatoms. The third kappa shape index (κ3) is 4.93. The summed E-state index contributed by atoms with van der Waals surface area (Å²) in [4.78, 5) is 42.8. The maximum atomic E-state index is 13.0. The summed E-state index contributed by atoms with van der Waals surface area (Å²) in [6, 6.07) is 20.5. The smallest absolute Gasteiger partial charge is 0.387 e. The van der Waals surface area contributed by atoms with Gasteiger partial charge in [-0.15, -0.1) is 16.4 Å². The van der Waals surface area contributed by atoms with Gasteiger partial charge in [-0.3, -0.25) is 20.4 Å². The number of carbonyl (C=O) groups is 2. The highest BCUT2D eigenvalue weighted by atomic mass is 32.1. The molecule has 5 aromatic rings. The van der Waals surface area contributed by atoms with E-state index in [2.05, 4.69) is 16.0 Å². The van der Waals surface area contributed by atoms with Gasteiger partial charge >= 0.3 is 5.76 Å². The molecule has 0 unspecified atom stereocenters. The lowest BCUT2D eigenvalue weighted by Crippen LogP contribution is -2.42. The Labute approximate surface area is 209 Å². The number of hydrogen-bond donors (Lipinski definition) is 2. The largest absolute Gasteiger partial charge is 0.437 e. The summed E-state index contributed by atoms with van der Waals surface area (Å²) in [5, 5.41) is 6.63. The van der Waals surface area contributed by atoms with Crippen molar-refractivity contribution in [1.29, 1.82) is 0 Å². The Hall–Kier alpha value is -4.57. The molecule has 0 aliphatic heterocycles. The monoisotopic (exact) mass is 499 g/mol. The summed E-state index contributed by atoms with van der Waals surface area (Å²) >= 11 is 1.39. The molecule has 0 saturated heterocycles. The molecule has 5 rings (SSSR count). The highest BCUT2D eigenvalue weighted by molar-refractivity contribution is 7.13. The van der Waals surface area contributed by atoms with Crippen LogP contribution < -0.4 is 16.6 Å². The summed E-state index contributed by atoms with van der Waals surface area (Å²) in [6.07, 6.45) is -0.0810. The number of carbonyl (C=O) groups excluding carboxylic acids is 2. The zero-order valence-electron chi connectivity index (χ0n) is 19.2. The SMILES string of the molecule is Cc1ccc(-c2cc(C(=O)NNC(=O)CCn3nc(-c4cccs4)oc3=O)c3ccccc3n2)cc1. The van der Waals surface area contributed by atoms with E-state index in [9.17, 15) is 14.4 Å². The maximum Gasteiger partial charge on any atom is 0.437 e. The predicted molar refractivity (Wildman–Crippen MR) is 136 cm³/mol. The summed E-state index contributed by atoms with van der Waals surface area (Å²) in [6.45, 7) is 2.01. The molecule has 9 nitrogen and oxygen atoms in total. The van der Waals surface area contributed by atoms with Crippen molar-refractivity contribution in [2.45, 2.75) is 19.9 Å². The van der Waals surface area contributed by atoms with Crippen molar-refractivity contribution in [3.05, 3.63) is 93.8 Å². The molecular weight excluding hydrogens is 478 g/mol. The average Bonchev–Trinajstić information content (AvgIpc) is 3.56. The first-order valence-electron chi connectivity index (χ1n) is 11.2. The number of pyridine rings is 1. The van der Waals surface area contributed by atoms with E-state index in [1.165, 1.54) is 11.3 Å². The molecule has 36 heavy (non-hydrogen) atoms. The number of fused-ring (bicyclic) bond motifs is 1. The second-order valence-corrected chi connectivity index (χ2v) is 9.01. The van der Waals surface area contributed by atoms with Crippen LogP contribution in [0.15, 0.2) is 81.3 Å². The van der Waals surface area contributed by atoms with Crippen LogP contribution in [-0.2, 0) is 11.3 Å². The van der Waals surface area contributed by atoms with Crippen LogP contribution in [0.3, 0.4) is 0 Å². The third-order valence-corrected chi connectivity index (χ3v) is 6.37. The van der Waals surface area contributed by atoms with Crippen molar-refractivity contribution in [2.24, 2.45) is 0 Å². The molecule has 2 aromatic carbocycles. The van der Waals surface area contributed by atoms with Gasteiger partial charge in [0.2, 0.25) is 5.91 Å². The Kier molecular flexibility index (Phi) is 6.42. The molecule has 0 fully saturated rings.